The number of carbonyl (C=O) groups is 1. The van der Waals surface area contributed by atoms with E-state index in [1.807, 2.05) is 23.4 Å². The van der Waals surface area contributed by atoms with Gasteiger partial charge < -0.3 is 10.6 Å². The average Bonchev–Trinajstić information content (AvgIpc) is 2.98. The maximum Gasteiger partial charge on any atom is 0.224 e. The highest BCUT2D eigenvalue weighted by Crippen LogP contribution is 2.32. The van der Waals surface area contributed by atoms with E-state index >= 15 is 0 Å². The van der Waals surface area contributed by atoms with Gasteiger partial charge in [0.1, 0.15) is 0 Å². The van der Waals surface area contributed by atoms with Gasteiger partial charge >= 0.3 is 0 Å². The van der Waals surface area contributed by atoms with Crippen LogP contribution in [0.5, 0.6) is 0 Å². The summed E-state index contributed by atoms with van der Waals surface area (Å²) in [6.45, 7) is 2.07. The Bertz CT molecular complexity index is 396. The van der Waals surface area contributed by atoms with Crippen molar-refractivity contribution in [3.8, 4) is 0 Å². The lowest BCUT2D eigenvalue weighted by Gasteiger charge is -2.29. The SMILES string of the molecule is CC(c1cccs1)N(C)C(=O)CC1(N)CCCC1. The maximum atomic E-state index is 12.3. The van der Waals surface area contributed by atoms with Crippen LogP contribution >= 0.6 is 11.3 Å². The molecule has 3 nitrogen and oxygen atoms in total. The Morgan fingerprint density at radius 3 is 2.78 bits per heavy atom. The first kappa shape index (κ1) is 13.6. The second kappa shape index (κ2) is 5.41. The van der Waals surface area contributed by atoms with Crippen LogP contribution in [0.1, 0.15) is 49.9 Å². The minimum absolute atomic E-state index is 0.141. The van der Waals surface area contributed by atoms with Crippen LogP contribution in [-0.4, -0.2) is 23.4 Å². The lowest BCUT2D eigenvalue weighted by Crippen LogP contribution is -2.43. The van der Waals surface area contributed by atoms with Crippen molar-refractivity contribution in [3.63, 3.8) is 0 Å². The molecule has 1 aromatic heterocycles. The number of nitrogens with two attached hydrogens (primary N) is 1. The van der Waals surface area contributed by atoms with Crippen molar-refractivity contribution in [2.45, 2.75) is 50.6 Å². The van der Waals surface area contributed by atoms with Crippen molar-refractivity contribution < 1.29 is 4.79 Å². The molecule has 1 aromatic rings. The smallest absolute Gasteiger partial charge is 0.224 e. The average molecular weight is 266 g/mol. The summed E-state index contributed by atoms with van der Waals surface area (Å²) in [5.74, 6) is 0.167. The molecule has 0 bridgehead atoms. The van der Waals surface area contributed by atoms with Gasteiger partial charge in [-0.3, -0.25) is 4.79 Å². The highest BCUT2D eigenvalue weighted by Gasteiger charge is 2.33. The predicted molar refractivity (Wildman–Crippen MR) is 75.5 cm³/mol. The Morgan fingerprint density at radius 2 is 2.22 bits per heavy atom. The van der Waals surface area contributed by atoms with Crippen LogP contribution in [0.3, 0.4) is 0 Å². The Labute approximate surface area is 113 Å². The Balaban J connectivity index is 1.96. The van der Waals surface area contributed by atoms with Gasteiger partial charge in [0.25, 0.3) is 0 Å². The molecule has 2 N–H and O–H groups in total. The van der Waals surface area contributed by atoms with Gasteiger partial charge in [-0.25, -0.2) is 0 Å². The van der Waals surface area contributed by atoms with E-state index in [1.165, 1.54) is 4.88 Å². The number of nitrogens with zero attached hydrogens (tertiary/aromatic N) is 1. The van der Waals surface area contributed by atoms with E-state index < -0.39 is 0 Å². The molecule has 2 rings (SSSR count). The van der Waals surface area contributed by atoms with Crippen molar-refractivity contribution in [1.82, 2.24) is 4.90 Å². The summed E-state index contributed by atoms with van der Waals surface area (Å²) in [4.78, 5) is 15.3. The molecular weight excluding hydrogens is 244 g/mol. The molecular formula is C14H22N2OS. The summed E-state index contributed by atoms with van der Waals surface area (Å²) in [7, 11) is 1.88. The molecule has 1 amide bonds. The first-order valence-electron chi connectivity index (χ1n) is 6.60. The normalized spacial score (nSPS) is 19.7. The molecule has 1 heterocycles. The third-order valence-electron chi connectivity index (χ3n) is 4.03. The van der Waals surface area contributed by atoms with E-state index in [2.05, 4.69) is 13.0 Å². The molecule has 0 aliphatic heterocycles. The standard InChI is InChI=1S/C14H22N2OS/c1-11(12-6-5-9-18-12)16(2)13(17)10-14(15)7-3-4-8-14/h5-6,9,11H,3-4,7-8,10,15H2,1-2H3. The monoisotopic (exact) mass is 266 g/mol. The van der Waals surface area contributed by atoms with Gasteiger partial charge in [-0.15, -0.1) is 11.3 Å². The molecule has 1 fully saturated rings. The Hall–Kier alpha value is -0.870. The zero-order valence-electron chi connectivity index (χ0n) is 11.2. The minimum Gasteiger partial charge on any atom is -0.338 e. The van der Waals surface area contributed by atoms with E-state index in [9.17, 15) is 4.79 Å². The number of hydrogen-bond donors (Lipinski definition) is 1. The van der Waals surface area contributed by atoms with Crippen molar-refractivity contribution in [2.75, 3.05) is 7.05 Å². The van der Waals surface area contributed by atoms with Crippen LogP contribution in [0.2, 0.25) is 0 Å². The first-order chi connectivity index (χ1) is 8.52. The molecule has 0 aromatic carbocycles. The van der Waals surface area contributed by atoms with Crippen LogP contribution < -0.4 is 5.73 Å². The Morgan fingerprint density at radius 1 is 1.56 bits per heavy atom. The number of thiophene rings is 1. The maximum absolute atomic E-state index is 12.3. The van der Waals surface area contributed by atoms with Crippen LogP contribution in [0, 0.1) is 0 Å². The minimum atomic E-state index is -0.249. The summed E-state index contributed by atoms with van der Waals surface area (Å²) in [6, 6.07) is 4.24. The fraction of sp³-hybridized carbons (Fsp3) is 0.643. The third kappa shape index (κ3) is 2.93. The number of carbonyl (C=O) groups excluding carboxylic acids is 1. The third-order valence-corrected chi connectivity index (χ3v) is 5.07. The summed E-state index contributed by atoms with van der Waals surface area (Å²) < 4.78 is 0. The van der Waals surface area contributed by atoms with Crippen LogP contribution in [-0.2, 0) is 4.79 Å². The zero-order valence-corrected chi connectivity index (χ0v) is 12.0. The summed E-state index contributed by atoms with van der Waals surface area (Å²) in [6.07, 6.45) is 4.78. The molecule has 100 valence electrons. The quantitative estimate of drug-likeness (QED) is 0.910. The number of amides is 1. The lowest BCUT2D eigenvalue weighted by molar-refractivity contribution is -0.133. The van der Waals surface area contributed by atoms with Gasteiger partial charge in [0.15, 0.2) is 0 Å². The van der Waals surface area contributed by atoms with E-state index in [0.717, 1.165) is 25.7 Å². The van der Waals surface area contributed by atoms with Gasteiger partial charge in [-0.05, 0) is 31.2 Å². The van der Waals surface area contributed by atoms with Gasteiger partial charge in [0.05, 0.1) is 6.04 Å². The summed E-state index contributed by atoms with van der Waals surface area (Å²) in [5.41, 5.74) is 6.02. The zero-order chi connectivity index (χ0) is 13.2. The van der Waals surface area contributed by atoms with Gasteiger partial charge in [0, 0.05) is 23.9 Å². The molecule has 1 unspecified atom stereocenters. The van der Waals surface area contributed by atoms with Crippen molar-refractivity contribution in [3.05, 3.63) is 22.4 Å². The number of rotatable bonds is 4. The fourth-order valence-corrected chi connectivity index (χ4v) is 3.44. The van der Waals surface area contributed by atoms with Crippen LogP contribution in [0.15, 0.2) is 17.5 Å². The second-order valence-corrected chi connectivity index (χ2v) is 6.42. The molecule has 1 saturated carbocycles. The van der Waals surface area contributed by atoms with E-state index in [4.69, 9.17) is 5.73 Å². The predicted octanol–water partition coefficient (Wildman–Crippen LogP) is 2.93. The highest BCUT2D eigenvalue weighted by molar-refractivity contribution is 7.10. The van der Waals surface area contributed by atoms with Crippen molar-refractivity contribution >= 4 is 17.2 Å². The molecule has 1 atom stereocenters. The molecule has 0 radical (unpaired) electrons. The largest absolute Gasteiger partial charge is 0.338 e. The van der Waals surface area contributed by atoms with Gasteiger partial charge in [-0.2, -0.15) is 0 Å². The van der Waals surface area contributed by atoms with Gasteiger partial charge in [0.2, 0.25) is 5.91 Å². The highest BCUT2D eigenvalue weighted by atomic mass is 32.1. The Kier molecular flexibility index (Phi) is 4.07. The van der Waals surface area contributed by atoms with E-state index in [-0.39, 0.29) is 17.5 Å². The topological polar surface area (TPSA) is 46.3 Å². The van der Waals surface area contributed by atoms with Crippen LogP contribution in [0.4, 0.5) is 0 Å². The van der Waals surface area contributed by atoms with E-state index in [0.29, 0.717) is 6.42 Å². The molecule has 0 spiro atoms. The molecule has 18 heavy (non-hydrogen) atoms. The number of hydrogen-bond acceptors (Lipinski definition) is 3. The fourth-order valence-electron chi connectivity index (χ4n) is 2.62. The molecule has 4 heteroatoms. The lowest BCUT2D eigenvalue weighted by atomic mass is 9.94. The van der Waals surface area contributed by atoms with Crippen molar-refractivity contribution in [1.29, 1.82) is 0 Å². The van der Waals surface area contributed by atoms with Gasteiger partial charge in [-0.1, -0.05) is 18.9 Å². The summed E-state index contributed by atoms with van der Waals surface area (Å²) >= 11 is 1.69. The molecule has 0 saturated heterocycles. The van der Waals surface area contributed by atoms with Crippen molar-refractivity contribution in [2.24, 2.45) is 5.73 Å². The molecule has 1 aliphatic rings. The first-order valence-corrected chi connectivity index (χ1v) is 7.48. The second-order valence-electron chi connectivity index (χ2n) is 5.44. The van der Waals surface area contributed by atoms with Crippen LogP contribution in [0.25, 0.3) is 0 Å². The molecule has 1 aliphatic carbocycles. The van der Waals surface area contributed by atoms with E-state index in [1.54, 1.807) is 11.3 Å². The summed E-state index contributed by atoms with van der Waals surface area (Å²) in [5, 5.41) is 2.05.